The minimum atomic E-state index is -0.0210. The van der Waals surface area contributed by atoms with E-state index in [4.69, 9.17) is 0 Å². The van der Waals surface area contributed by atoms with Crippen LogP contribution in [0.3, 0.4) is 0 Å². The SMILES string of the molecule is Cc1cccc2c(=O)[nH]c(CCN3CCCCC3)nc12. The first-order valence-corrected chi connectivity index (χ1v) is 7.45. The Labute approximate surface area is 118 Å². The molecule has 0 radical (unpaired) electrons. The molecule has 4 nitrogen and oxygen atoms in total. The van der Waals surface area contributed by atoms with Crippen LogP contribution < -0.4 is 5.56 Å². The summed E-state index contributed by atoms with van der Waals surface area (Å²) in [5, 5.41) is 0.687. The fourth-order valence-corrected chi connectivity index (χ4v) is 2.92. The van der Waals surface area contributed by atoms with Gasteiger partial charge in [-0.05, 0) is 44.5 Å². The molecule has 20 heavy (non-hydrogen) atoms. The predicted octanol–water partition coefficient (Wildman–Crippen LogP) is 2.26. The highest BCUT2D eigenvalue weighted by molar-refractivity contribution is 5.80. The number of aromatic amines is 1. The average molecular weight is 271 g/mol. The maximum absolute atomic E-state index is 12.1. The molecule has 2 aromatic rings. The van der Waals surface area contributed by atoms with Gasteiger partial charge in [-0.2, -0.15) is 0 Å². The molecule has 0 bridgehead atoms. The molecule has 1 aliphatic rings. The van der Waals surface area contributed by atoms with Crippen LogP contribution in [0.1, 0.15) is 30.7 Å². The second kappa shape index (κ2) is 5.75. The van der Waals surface area contributed by atoms with Crippen molar-refractivity contribution in [2.75, 3.05) is 19.6 Å². The van der Waals surface area contributed by atoms with Gasteiger partial charge in [0.05, 0.1) is 10.9 Å². The fourth-order valence-electron chi connectivity index (χ4n) is 2.92. The summed E-state index contributed by atoms with van der Waals surface area (Å²) in [6.07, 6.45) is 4.75. The highest BCUT2D eigenvalue weighted by atomic mass is 16.1. The summed E-state index contributed by atoms with van der Waals surface area (Å²) in [5.41, 5.74) is 1.88. The van der Waals surface area contributed by atoms with Gasteiger partial charge >= 0.3 is 0 Å². The topological polar surface area (TPSA) is 49.0 Å². The Morgan fingerprint density at radius 1 is 1.25 bits per heavy atom. The lowest BCUT2D eigenvalue weighted by molar-refractivity contribution is 0.230. The lowest BCUT2D eigenvalue weighted by atomic mass is 10.1. The molecule has 0 atom stereocenters. The highest BCUT2D eigenvalue weighted by Gasteiger charge is 2.11. The minimum Gasteiger partial charge on any atom is -0.310 e. The molecule has 1 N–H and O–H groups in total. The fraction of sp³-hybridized carbons (Fsp3) is 0.500. The number of H-pyrrole nitrogens is 1. The summed E-state index contributed by atoms with van der Waals surface area (Å²) in [7, 11) is 0. The molecule has 0 amide bonds. The second-order valence-corrected chi connectivity index (χ2v) is 5.64. The minimum absolute atomic E-state index is 0.0210. The number of benzene rings is 1. The number of likely N-dealkylation sites (tertiary alicyclic amines) is 1. The van der Waals surface area contributed by atoms with Crippen molar-refractivity contribution in [3.63, 3.8) is 0 Å². The average Bonchev–Trinajstić information content (AvgIpc) is 2.47. The van der Waals surface area contributed by atoms with E-state index < -0.39 is 0 Å². The Balaban J connectivity index is 1.81. The van der Waals surface area contributed by atoms with Crippen molar-refractivity contribution in [1.82, 2.24) is 14.9 Å². The molecule has 0 aliphatic carbocycles. The van der Waals surface area contributed by atoms with Crippen LogP contribution in [-0.4, -0.2) is 34.5 Å². The van der Waals surface area contributed by atoms with Crippen LogP contribution >= 0.6 is 0 Å². The first kappa shape index (κ1) is 13.3. The van der Waals surface area contributed by atoms with Crippen molar-refractivity contribution in [3.8, 4) is 0 Å². The van der Waals surface area contributed by atoms with Gasteiger partial charge in [-0.1, -0.05) is 18.6 Å². The Hall–Kier alpha value is -1.68. The van der Waals surface area contributed by atoms with E-state index in [1.165, 1.54) is 32.4 Å². The van der Waals surface area contributed by atoms with Crippen molar-refractivity contribution in [2.45, 2.75) is 32.6 Å². The van der Waals surface area contributed by atoms with Crippen molar-refractivity contribution in [2.24, 2.45) is 0 Å². The molecule has 1 aromatic heterocycles. The molecule has 106 valence electrons. The first-order chi connectivity index (χ1) is 9.74. The maximum Gasteiger partial charge on any atom is 0.258 e. The van der Waals surface area contributed by atoms with E-state index in [9.17, 15) is 4.79 Å². The van der Waals surface area contributed by atoms with E-state index in [0.717, 1.165) is 29.9 Å². The molecule has 2 heterocycles. The molecule has 1 aliphatic heterocycles. The van der Waals surface area contributed by atoms with E-state index in [1.807, 2.05) is 25.1 Å². The van der Waals surface area contributed by atoms with Crippen LogP contribution in [0.15, 0.2) is 23.0 Å². The molecule has 3 rings (SSSR count). The largest absolute Gasteiger partial charge is 0.310 e. The first-order valence-electron chi connectivity index (χ1n) is 7.45. The number of nitrogens with zero attached hydrogens (tertiary/aromatic N) is 2. The van der Waals surface area contributed by atoms with E-state index in [2.05, 4.69) is 14.9 Å². The molecule has 1 fully saturated rings. The molecule has 0 spiro atoms. The Morgan fingerprint density at radius 2 is 2.05 bits per heavy atom. The Bertz CT molecular complexity index is 656. The van der Waals surface area contributed by atoms with Gasteiger partial charge in [0.25, 0.3) is 5.56 Å². The molecule has 1 saturated heterocycles. The summed E-state index contributed by atoms with van der Waals surface area (Å²) in [6, 6.07) is 5.74. The maximum atomic E-state index is 12.1. The molecule has 0 saturated carbocycles. The monoisotopic (exact) mass is 271 g/mol. The number of rotatable bonds is 3. The number of piperidine rings is 1. The van der Waals surface area contributed by atoms with E-state index >= 15 is 0 Å². The number of aromatic nitrogens is 2. The standard InChI is InChI=1S/C16H21N3O/c1-12-6-5-7-13-15(12)17-14(18-16(13)20)8-11-19-9-3-2-4-10-19/h5-7H,2-4,8-11H2,1H3,(H,17,18,20). The van der Waals surface area contributed by atoms with Gasteiger partial charge in [0.2, 0.25) is 0 Å². The number of fused-ring (bicyclic) bond motifs is 1. The number of hydrogen-bond acceptors (Lipinski definition) is 3. The van der Waals surface area contributed by atoms with Crippen LogP contribution in [0.25, 0.3) is 10.9 Å². The van der Waals surface area contributed by atoms with Gasteiger partial charge in [-0.15, -0.1) is 0 Å². The van der Waals surface area contributed by atoms with Crippen LogP contribution in [-0.2, 0) is 6.42 Å². The lowest BCUT2D eigenvalue weighted by Gasteiger charge is -2.26. The summed E-state index contributed by atoms with van der Waals surface area (Å²) in [6.45, 7) is 5.34. The van der Waals surface area contributed by atoms with Crippen molar-refractivity contribution in [1.29, 1.82) is 0 Å². The number of para-hydroxylation sites is 1. The summed E-state index contributed by atoms with van der Waals surface area (Å²) in [4.78, 5) is 22.1. The molecular formula is C16H21N3O. The zero-order chi connectivity index (χ0) is 13.9. The van der Waals surface area contributed by atoms with Crippen LogP contribution in [0.2, 0.25) is 0 Å². The smallest absolute Gasteiger partial charge is 0.258 e. The van der Waals surface area contributed by atoms with Gasteiger partial charge in [-0.25, -0.2) is 4.98 Å². The van der Waals surface area contributed by atoms with Crippen LogP contribution in [0, 0.1) is 6.92 Å². The quantitative estimate of drug-likeness (QED) is 0.931. The van der Waals surface area contributed by atoms with Gasteiger partial charge in [-0.3, -0.25) is 4.79 Å². The third-order valence-electron chi connectivity index (χ3n) is 4.10. The summed E-state index contributed by atoms with van der Waals surface area (Å²) >= 11 is 0. The summed E-state index contributed by atoms with van der Waals surface area (Å²) < 4.78 is 0. The van der Waals surface area contributed by atoms with Gasteiger partial charge in [0.15, 0.2) is 0 Å². The second-order valence-electron chi connectivity index (χ2n) is 5.64. The van der Waals surface area contributed by atoms with E-state index in [-0.39, 0.29) is 5.56 Å². The predicted molar refractivity (Wildman–Crippen MR) is 81.1 cm³/mol. The molecule has 1 aromatic carbocycles. The number of hydrogen-bond donors (Lipinski definition) is 1. The van der Waals surface area contributed by atoms with Gasteiger partial charge < -0.3 is 9.88 Å². The van der Waals surface area contributed by atoms with Crippen LogP contribution in [0.4, 0.5) is 0 Å². The zero-order valence-electron chi connectivity index (χ0n) is 12.0. The summed E-state index contributed by atoms with van der Waals surface area (Å²) in [5.74, 6) is 0.808. The van der Waals surface area contributed by atoms with Crippen molar-refractivity contribution < 1.29 is 0 Å². The van der Waals surface area contributed by atoms with E-state index in [0.29, 0.717) is 5.39 Å². The Morgan fingerprint density at radius 3 is 2.85 bits per heavy atom. The zero-order valence-corrected chi connectivity index (χ0v) is 12.0. The van der Waals surface area contributed by atoms with E-state index in [1.54, 1.807) is 0 Å². The molecule has 0 unspecified atom stereocenters. The van der Waals surface area contributed by atoms with Crippen LogP contribution in [0.5, 0.6) is 0 Å². The van der Waals surface area contributed by atoms with Gasteiger partial charge in [0.1, 0.15) is 5.82 Å². The Kier molecular flexibility index (Phi) is 3.83. The third kappa shape index (κ3) is 2.75. The molecule has 4 heteroatoms. The third-order valence-corrected chi connectivity index (χ3v) is 4.10. The molecular weight excluding hydrogens is 250 g/mol. The normalized spacial score (nSPS) is 16.6. The highest BCUT2D eigenvalue weighted by Crippen LogP contribution is 2.13. The number of aryl methyl sites for hydroxylation is 1. The van der Waals surface area contributed by atoms with Gasteiger partial charge in [0, 0.05) is 13.0 Å². The van der Waals surface area contributed by atoms with Crippen molar-refractivity contribution >= 4 is 10.9 Å². The number of nitrogens with one attached hydrogen (secondary N) is 1. The lowest BCUT2D eigenvalue weighted by Crippen LogP contribution is -2.32. The van der Waals surface area contributed by atoms with Crippen molar-refractivity contribution in [3.05, 3.63) is 39.9 Å².